The van der Waals surface area contributed by atoms with Crippen molar-refractivity contribution < 1.29 is 14.3 Å². The number of rotatable bonds is 0. The number of aromatic nitrogens is 2. The molecule has 0 unspecified atom stereocenters. The summed E-state index contributed by atoms with van der Waals surface area (Å²) in [6.07, 6.45) is 1.81. The van der Waals surface area contributed by atoms with E-state index in [1.807, 2.05) is 38.2 Å². The first kappa shape index (κ1) is 15.6. The van der Waals surface area contributed by atoms with Crippen molar-refractivity contribution in [3.05, 3.63) is 35.7 Å². The monoisotopic (exact) mass is 331 g/mol. The van der Waals surface area contributed by atoms with Gasteiger partial charge in [0, 0.05) is 11.9 Å². The molecule has 1 amide bonds. The summed E-state index contributed by atoms with van der Waals surface area (Å²) in [5.74, 6) is 1.90. The number of anilines is 1. The summed E-state index contributed by atoms with van der Waals surface area (Å²) in [6, 6.07) is 5.73. The normalized spacial score (nSPS) is 15.0. The van der Waals surface area contributed by atoms with Gasteiger partial charge in [0.2, 0.25) is 5.91 Å². The Morgan fingerprint density at radius 1 is 1.22 bits per heavy atom. The van der Waals surface area contributed by atoms with E-state index in [0.717, 1.165) is 27.7 Å². The molecule has 0 fully saturated rings. The summed E-state index contributed by atoms with van der Waals surface area (Å²) >= 11 is 1.48. The maximum Gasteiger partial charge on any atom is 0.257 e. The molecule has 0 atom stereocenters. The SMILES string of the molecule is Cc1ccc2c(n1)OCCO2.Cc1cnc2c(c1)NC(=O)CS2. The number of carbonyl (C=O) groups is 1. The number of hydrogen-bond acceptors (Lipinski definition) is 6. The molecule has 0 spiro atoms. The molecule has 120 valence electrons. The number of fused-ring (bicyclic) bond motifs is 2. The van der Waals surface area contributed by atoms with Crippen LogP contribution in [0.2, 0.25) is 0 Å². The molecule has 0 bridgehead atoms. The van der Waals surface area contributed by atoms with E-state index in [1.165, 1.54) is 11.8 Å². The van der Waals surface area contributed by atoms with Gasteiger partial charge in [0.25, 0.3) is 5.88 Å². The Bertz CT molecular complexity index is 737. The average Bonchev–Trinajstić information content (AvgIpc) is 2.55. The van der Waals surface area contributed by atoms with Gasteiger partial charge in [-0.15, -0.1) is 0 Å². The summed E-state index contributed by atoms with van der Waals surface area (Å²) in [4.78, 5) is 19.3. The molecule has 6 nitrogen and oxygen atoms in total. The van der Waals surface area contributed by atoms with Gasteiger partial charge in [0.15, 0.2) is 5.75 Å². The zero-order valence-electron chi connectivity index (χ0n) is 13.0. The van der Waals surface area contributed by atoms with Crippen molar-refractivity contribution in [3.63, 3.8) is 0 Å². The van der Waals surface area contributed by atoms with Gasteiger partial charge in [0.05, 0.1) is 11.4 Å². The van der Waals surface area contributed by atoms with E-state index in [-0.39, 0.29) is 5.91 Å². The number of carbonyl (C=O) groups excluding carboxylic acids is 1. The number of aryl methyl sites for hydroxylation is 2. The van der Waals surface area contributed by atoms with Gasteiger partial charge in [-0.3, -0.25) is 4.79 Å². The molecule has 2 aliphatic heterocycles. The molecule has 23 heavy (non-hydrogen) atoms. The van der Waals surface area contributed by atoms with Crippen LogP contribution in [-0.4, -0.2) is 34.8 Å². The van der Waals surface area contributed by atoms with Crippen LogP contribution in [0.1, 0.15) is 11.3 Å². The van der Waals surface area contributed by atoms with Crippen molar-refractivity contribution in [3.8, 4) is 11.6 Å². The largest absolute Gasteiger partial charge is 0.484 e. The zero-order chi connectivity index (χ0) is 16.2. The second-order valence-electron chi connectivity index (χ2n) is 5.16. The first-order valence-electron chi connectivity index (χ1n) is 7.24. The molecular weight excluding hydrogens is 314 g/mol. The molecule has 0 saturated heterocycles. The molecule has 2 aromatic heterocycles. The predicted octanol–water partition coefficient (Wildman–Crippen LogP) is 2.60. The fourth-order valence-electron chi connectivity index (χ4n) is 2.10. The molecule has 4 rings (SSSR count). The van der Waals surface area contributed by atoms with Crippen LogP contribution in [0, 0.1) is 13.8 Å². The lowest BCUT2D eigenvalue weighted by Crippen LogP contribution is -2.19. The van der Waals surface area contributed by atoms with Crippen molar-refractivity contribution in [1.82, 2.24) is 9.97 Å². The minimum absolute atomic E-state index is 0.0555. The standard InChI is InChI=1S/C8H8N2OS.C8H9NO2/c1-5-2-6-8(9-3-5)12-4-7(11)10-6;1-6-2-3-7-8(9-6)11-5-4-10-7/h2-3H,4H2,1H3,(H,10,11);2-3H,4-5H2,1H3. The second-order valence-corrected chi connectivity index (χ2v) is 6.12. The highest BCUT2D eigenvalue weighted by atomic mass is 32.2. The highest BCUT2D eigenvalue weighted by molar-refractivity contribution is 8.00. The molecule has 7 heteroatoms. The van der Waals surface area contributed by atoms with Gasteiger partial charge < -0.3 is 14.8 Å². The molecular formula is C16H17N3O3S. The van der Waals surface area contributed by atoms with Crippen molar-refractivity contribution in [1.29, 1.82) is 0 Å². The molecule has 4 heterocycles. The van der Waals surface area contributed by atoms with E-state index in [0.29, 0.717) is 24.8 Å². The Labute approximate surface area is 138 Å². The molecule has 1 N–H and O–H groups in total. The maximum absolute atomic E-state index is 11.0. The summed E-state index contributed by atoms with van der Waals surface area (Å²) < 4.78 is 10.6. The van der Waals surface area contributed by atoms with Gasteiger partial charge >= 0.3 is 0 Å². The fourth-order valence-corrected chi connectivity index (χ4v) is 2.84. The topological polar surface area (TPSA) is 73.3 Å². The fraction of sp³-hybridized carbons (Fsp3) is 0.312. The van der Waals surface area contributed by atoms with Crippen LogP contribution in [0.15, 0.2) is 29.4 Å². The number of nitrogens with zero attached hydrogens (tertiary/aromatic N) is 2. The van der Waals surface area contributed by atoms with E-state index in [9.17, 15) is 4.79 Å². The quantitative estimate of drug-likeness (QED) is 0.800. The number of pyridine rings is 2. The predicted molar refractivity (Wildman–Crippen MR) is 88.3 cm³/mol. The zero-order valence-corrected chi connectivity index (χ0v) is 13.8. The van der Waals surface area contributed by atoms with Crippen LogP contribution < -0.4 is 14.8 Å². The lowest BCUT2D eigenvalue weighted by atomic mass is 10.3. The van der Waals surface area contributed by atoms with E-state index < -0.39 is 0 Å². The Morgan fingerprint density at radius 2 is 2.04 bits per heavy atom. The van der Waals surface area contributed by atoms with Crippen LogP contribution >= 0.6 is 11.8 Å². The van der Waals surface area contributed by atoms with Crippen molar-refractivity contribution >= 4 is 23.4 Å². The summed E-state index contributed by atoms with van der Waals surface area (Å²) in [6.45, 7) is 5.11. The first-order valence-corrected chi connectivity index (χ1v) is 8.23. The van der Waals surface area contributed by atoms with Gasteiger partial charge in [-0.2, -0.15) is 0 Å². The van der Waals surface area contributed by atoms with Crippen LogP contribution in [0.3, 0.4) is 0 Å². The summed E-state index contributed by atoms with van der Waals surface area (Å²) in [5, 5.41) is 3.70. The molecule has 0 aromatic carbocycles. The Morgan fingerprint density at radius 3 is 2.91 bits per heavy atom. The van der Waals surface area contributed by atoms with Crippen molar-refractivity contribution in [2.75, 3.05) is 24.3 Å². The third kappa shape index (κ3) is 3.92. The van der Waals surface area contributed by atoms with E-state index >= 15 is 0 Å². The van der Waals surface area contributed by atoms with Gasteiger partial charge in [-0.05, 0) is 37.6 Å². The van der Waals surface area contributed by atoms with Crippen LogP contribution in [-0.2, 0) is 4.79 Å². The number of amides is 1. The Balaban J connectivity index is 0.000000136. The third-order valence-corrected chi connectivity index (χ3v) is 4.15. The van der Waals surface area contributed by atoms with Crippen molar-refractivity contribution in [2.24, 2.45) is 0 Å². The van der Waals surface area contributed by atoms with E-state index in [2.05, 4.69) is 15.3 Å². The average molecular weight is 331 g/mol. The summed E-state index contributed by atoms with van der Waals surface area (Å²) in [5.41, 5.74) is 2.86. The Hall–Kier alpha value is -2.28. The molecule has 0 radical (unpaired) electrons. The molecule has 0 aliphatic carbocycles. The van der Waals surface area contributed by atoms with Crippen LogP contribution in [0.25, 0.3) is 0 Å². The van der Waals surface area contributed by atoms with Crippen LogP contribution in [0.5, 0.6) is 11.6 Å². The number of ether oxygens (including phenoxy) is 2. The van der Waals surface area contributed by atoms with Gasteiger partial charge in [-0.1, -0.05) is 11.8 Å². The highest BCUT2D eigenvalue weighted by Crippen LogP contribution is 2.29. The van der Waals surface area contributed by atoms with E-state index in [4.69, 9.17) is 9.47 Å². The van der Waals surface area contributed by atoms with Crippen molar-refractivity contribution in [2.45, 2.75) is 18.9 Å². The highest BCUT2D eigenvalue weighted by Gasteiger charge is 2.15. The lowest BCUT2D eigenvalue weighted by molar-refractivity contribution is -0.113. The lowest BCUT2D eigenvalue weighted by Gasteiger charge is -2.16. The molecule has 2 aromatic rings. The number of nitrogens with one attached hydrogen (secondary N) is 1. The van der Waals surface area contributed by atoms with Gasteiger partial charge in [-0.25, -0.2) is 9.97 Å². The number of thioether (sulfide) groups is 1. The molecule has 0 saturated carbocycles. The van der Waals surface area contributed by atoms with E-state index in [1.54, 1.807) is 0 Å². The minimum Gasteiger partial charge on any atom is -0.484 e. The van der Waals surface area contributed by atoms with Gasteiger partial charge in [0.1, 0.15) is 18.2 Å². The maximum atomic E-state index is 11.0. The first-order chi connectivity index (χ1) is 11.1. The minimum atomic E-state index is 0.0555. The molecule has 2 aliphatic rings. The smallest absolute Gasteiger partial charge is 0.257 e. The Kier molecular flexibility index (Phi) is 4.66. The summed E-state index contributed by atoms with van der Waals surface area (Å²) in [7, 11) is 0. The third-order valence-electron chi connectivity index (χ3n) is 3.15. The number of hydrogen-bond donors (Lipinski definition) is 1. The second kappa shape index (κ2) is 6.87. The van der Waals surface area contributed by atoms with Crippen LogP contribution in [0.4, 0.5) is 5.69 Å².